The van der Waals surface area contributed by atoms with Crippen molar-refractivity contribution in [1.82, 2.24) is 10.3 Å². The number of oxazole rings is 1. The summed E-state index contributed by atoms with van der Waals surface area (Å²) >= 11 is 4.84. The fraction of sp³-hybridized carbons (Fsp3) is 0.333. The van der Waals surface area contributed by atoms with Gasteiger partial charge in [0.2, 0.25) is 0 Å². The summed E-state index contributed by atoms with van der Waals surface area (Å²) in [7, 11) is 0. The SMILES string of the molecule is O=C(NCc1cnco1)C(F)Cl. The van der Waals surface area contributed by atoms with E-state index in [0.717, 1.165) is 0 Å². The molecule has 0 saturated carbocycles. The average Bonchev–Trinajstić information content (AvgIpc) is 2.51. The van der Waals surface area contributed by atoms with Crippen LogP contribution in [0.5, 0.6) is 0 Å². The monoisotopic (exact) mass is 192 g/mol. The van der Waals surface area contributed by atoms with E-state index in [1.807, 2.05) is 0 Å². The summed E-state index contributed by atoms with van der Waals surface area (Å²) in [6.45, 7) is 0.0893. The van der Waals surface area contributed by atoms with Gasteiger partial charge in [-0.15, -0.1) is 0 Å². The number of halogens is 2. The first-order chi connectivity index (χ1) is 5.70. The first-order valence-electron chi connectivity index (χ1n) is 3.13. The number of carbonyl (C=O) groups excluding carboxylic acids is 1. The minimum absolute atomic E-state index is 0.0893. The molecular formula is C6H6ClFN2O2. The van der Waals surface area contributed by atoms with E-state index < -0.39 is 11.5 Å². The maximum Gasteiger partial charge on any atom is 0.270 e. The highest BCUT2D eigenvalue weighted by molar-refractivity contribution is 6.29. The van der Waals surface area contributed by atoms with Crippen LogP contribution in [0, 0.1) is 0 Å². The number of carbonyl (C=O) groups is 1. The maximum atomic E-state index is 12.0. The molecule has 0 fully saturated rings. The van der Waals surface area contributed by atoms with E-state index in [1.54, 1.807) is 0 Å². The number of nitrogens with zero attached hydrogens (tertiary/aromatic N) is 1. The Hall–Kier alpha value is -1.10. The Morgan fingerprint density at radius 1 is 1.92 bits per heavy atom. The molecule has 0 bridgehead atoms. The summed E-state index contributed by atoms with van der Waals surface area (Å²) in [5.41, 5.74) is -2.02. The van der Waals surface area contributed by atoms with Crippen LogP contribution in [0.2, 0.25) is 0 Å². The van der Waals surface area contributed by atoms with Crippen LogP contribution in [0.3, 0.4) is 0 Å². The predicted molar refractivity (Wildman–Crippen MR) is 39.1 cm³/mol. The zero-order valence-electron chi connectivity index (χ0n) is 5.96. The van der Waals surface area contributed by atoms with Crippen molar-refractivity contribution in [3.05, 3.63) is 18.4 Å². The fourth-order valence-electron chi connectivity index (χ4n) is 0.581. The number of nitrogens with one attached hydrogen (secondary N) is 1. The molecule has 1 aromatic rings. The lowest BCUT2D eigenvalue weighted by molar-refractivity contribution is -0.123. The quantitative estimate of drug-likeness (QED) is 0.722. The molecule has 1 N–H and O–H groups in total. The van der Waals surface area contributed by atoms with Gasteiger partial charge in [-0.25, -0.2) is 9.37 Å². The first-order valence-corrected chi connectivity index (χ1v) is 3.57. The minimum Gasteiger partial charge on any atom is -0.447 e. The molecule has 0 aliphatic heterocycles. The lowest BCUT2D eigenvalue weighted by atomic mass is 10.5. The Kier molecular flexibility index (Phi) is 3.04. The van der Waals surface area contributed by atoms with Crippen LogP contribution in [-0.4, -0.2) is 16.5 Å². The van der Waals surface area contributed by atoms with Crippen LogP contribution in [0.1, 0.15) is 5.76 Å². The number of rotatable bonds is 3. The maximum absolute atomic E-state index is 12.0. The number of hydrogen-bond acceptors (Lipinski definition) is 3. The van der Waals surface area contributed by atoms with E-state index in [1.165, 1.54) is 12.6 Å². The van der Waals surface area contributed by atoms with Crippen LogP contribution < -0.4 is 5.32 Å². The van der Waals surface area contributed by atoms with Crippen LogP contribution >= 0.6 is 11.6 Å². The number of amides is 1. The number of alkyl halides is 2. The van der Waals surface area contributed by atoms with Gasteiger partial charge in [0.05, 0.1) is 12.7 Å². The molecule has 1 unspecified atom stereocenters. The third-order valence-corrected chi connectivity index (χ3v) is 1.32. The molecule has 0 spiro atoms. The van der Waals surface area contributed by atoms with Gasteiger partial charge < -0.3 is 9.73 Å². The van der Waals surface area contributed by atoms with Gasteiger partial charge >= 0.3 is 0 Å². The van der Waals surface area contributed by atoms with E-state index in [4.69, 9.17) is 16.0 Å². The second-order valence-electron chi connectivity index (χ2n) is 1.99. The molecule has 0 saturated heterocycles. The zero-order valence-corrected chi connectivity index (χ0v) is 6.71. The summed E-state index contributed by atoms with van der Waals surface area (Å²) in [6.07, 6.45) is 2.64. The van der Waals surface area contributed by atoms with Gasteiger partial charge in [0.15, 0.2) is 6.39 Å². The van der Waals surface area contributed by atoms with E-state index in [2.05, 4.69) is 10.3 Å². The molecule has 1 rings (SSSR count). The van der Waals surface area contributed by atoms with Gasteiger partial charge in [0.1, 0.15) is 5.76 Å². The van der Waals surface area contributed by atoms with Gasteiger partial charge in [0.25, 0.3) is 11.5 Å². The molecule has 12 heavy (non-hydrogen) atoms. The summed E-state index contributed by atoms with van der Waals surface area (Å²) in [6, 6.07) is 0. The zero-order chi connectivity index (χ0) is 8.97. The van der Waals surface area contributed by atoms with Crippen molar-refractivity contribution in [2.45, 2.75) is 12.2 Å². The molecule has 1 atom stereocenters. The molecule has 1 amide bonds. The van der Waals surface area contributed by atoms with Crippen LogP contribution in [0.4, 0.5) is 4.39 Å². The van der Waals surface area contributed by atoms with Crippen molar-refractivity contribution in [1.29, 1.82) is 0 Å². The molecule has 0 radical (unpaired) electrons. The molecule has 6 heteroatoms. The van der Waals surface area contributed by atoms with Gasteiger partial charge in [0, 0.05) is 0 Å². The summed E-state index contributed by atoms with van der Waals surface area (Å²) in [5, 5.41) is 2.20. The summed E-state index contributed by atoms with van der Waals surface area (Å²) in [4.78, 5) is 14.2. The summed E-state index contributed by atoms with van der Waals surface area (Å²) < 4.78 is 16.8. The van der Waals surface area contributed by atoms with Gasteiger partial charge in [-0.05, 0) is 0 Å². The number of aromatic nitrogens is 1. The standard InChI is InChI=1S/C6H6ClFN2O2/c7-5(8)6(11)10-2-4-1-9-3-12-4/h1,3,5H,2H2,(H,10,11). The largest absolute Gasteiger partial charge is 0.447 e. The van der Waals surface area contributed by atoms with E-state index in [-0.39, 0.29) is 6.54 Å². The average molecular weight is 193 g/mol. The van der Waals surface area contributed by atoms with E-state index >= 15 is 0 Å². The Morgan fingerprint density at radius 2 is 2.67 bits per heavy atom. The Morgan fingerprint density at radius 3 is 3.17 bits per heavy atom. The molecule has 4 nitrogen and oxygen atoms in total. The molecule has 1 heterocycles. The van der Waals surface area contributed by atoms with Crippen LogP contribution in [0.15, 0.2) is 17.0 Å². The third kappa shape index (κ3) is 2.50. The predicted octanol–water partition coefficient (Wildman–Crippen LogP) is 0.825. The minimum atomic E-state index is -2.02. The van der Waals surface area contributed by atoms with Gasteiger partial charge in [-0.1, -0.05) is 11.6 Å². The van der Waals surface area contributed by atoms with Gasteiger partial charge in [-0.3, -0.25) is 4.79 Å². The van der Waals surface area contributed by atoms with Crippen molar-refractivity contribution in [3.8, 4) is 0 Å². The normalized spacial score (nSPS) is 12.5. The molecular weight excluding hydrogens is 187 g/mol. The van der Waals surface area contributed by atoms with Crippen molar-refractivity contribution in [3.63, 3.8) is 0 Å². The molecule has 0 aromatic carbocycles. The van der Waals surface area contributed by atoms with Crippen molar-refractivity contribution in [2.75, 3.05) is 0 Å². The third-order valence-electron chi connectivity index (χ3n) is 1.12. The van der Waals surface area contributed by atoms with E-state index in [9.17, 15) is 9.18 Å². The Labute approximate surface area is 72.7 Å². The lowest BCUT2D eigenvalue weighted by Crippen LogP contribution is -2.28. The molecule has 66 valence electrons. The molecule has 0 aliphatic carbocycles. The second-order valence-corrected chi connectivity index (χ2v) is 2.37. The lowest BCUT2D eigenvalue weighted by Gasteiger charge is -2.00. The Bertz CT molecular complexity index is 250. The highest BCUT2D eigenvalue weighted by Gasteiger charge is 2.12. The van der Waals surface area contributed by atoms with Crippen LogP contribution in [-0.2, 0) is 11.3 Å². The fourth-order valence-corrected chi connectivity index (χ4v) is 0.658. The van der Waals surface area contributed by atoms with Crippen molar-refractivity contribution >= 4 is 17.5 Å². The van der Waals surface area contributed by atoms with Crippen molar-refractivity contribution in [2.24, 2.45) is 0 Å². The number of hydrogen-bond donors (Lipinski definition) is 1. The van der Waals surface area contributed by atoms with Crippen LogP contribution in [0.25, 0.3) is 0 Å². The highest BCUT2D eigenvalue weighted by Crippen LogP contribution is 1.99. The highest BCUT2D eigenvalue weighted by atomic mass is 35.5. The second kappa shape index (κ2) is 4.06. The smallest absolute Gasteiger partial charge is 0.270 e. The molecule has 0 aliphatic rings. The first kappa shape index (κ1) is 8.99. The van der Waals surface area contributed by atoms with Crippen molar-refractivity contribution < 1.29 is 13.6 Å². The molecule has 1 aromatic heterocycles. The van der Waals surface area contributed by atoms with E-state index in [0.29, 0.717) is 5.76 Å². The van der Waals surface area contributed by atoms with Gasteiger partial charge in [-0.2, -0.15) is 0 Å². The summed E-state index contributed by atoms with van der Waals surface area (Å²) in [5.74, 6) is -0.436. The topological polar surface area (TPSA) is 55.1 Å². The Balaban J connectivity index is 2.32.